The first-order valence-corrected chi connectivity index (χ1v) is 9.29. The van der Waals surface area contributed by atoms with Crippen LogP contribution in [0, 0.1) is 15.9 Å². The SMILES string of the molecule is O=[N+]([O-])c1cnc(Sc2nnc(-c3ccc(F)cc3)n2Cc2ccccc2)nc1. The topological polar surface area (TPSA) is 99.6 Å². The van der Waals surface area contributed by atoms with Gasteiger partial charge in [0, 0.05) is 5.56 Å². The van der Waals surface area contributed by atoms with Gasteiger partial charge < -0.3 is 0 Å². The van der Waals surface area contributed by atoms with Crippen molar-refractivity contribution in [2.45, 2.75) is 16.9 Å². The summed E-state index contributed by atoms with van der Waals surface area (Å²) in [6.07, 6.45) is 2.29. The first-order valence-electron chi connectivity index (χ1n) is 8.47. The number of nitrogens with zero attached hydrogens (tertiary/aromatic N) is 6. The van der Waals surface area contributed by atoms with Gasteiger partial charge in [0.05, 0.1) is 11.5 Å². The maximum atomic E-state index is 13.3. The van der Waals surface area contributed by atoms with E-state index < -0.39 is 4.92 Å². The first-order chi connectivity index (χ1) is 14.1. The third-order valence-corrected chi connectivity index (χ3v) is 4.89. The summed E-state index contributed by atoms with van der Waals surface area (Å²) in [5, 5.41) is 20.1. The summed E-state index contributed by atoms with van der Waals surface area (Å²) < 4.78 is 15.2. The Balaban J connectivity index is 1.70. The van der Waals surface area contributed by atoms with Gasteiger partial charge in [0.25, 0.3) is 0 Å². The molecule has 0 N–H and O–H groups in total. The van der Waals surface area contributed by atoms with Gasteiger partial charge >= 0.3 is 5.69 Å². The monoisotopic (exact) mass is 408 g/mol. The van der Waals surface area contributed by atoms with E-state index in [0.29, 0.717) is 28.2 Å². The second-order valence-electron chi connectivity index (χ2n) is 5.97. The summed E-state index contributed by atoms with van der Waals surface area (Å²) >= 11 is 1.14. The van der Waals surface area contributed by atoms with Crippen molar-refractivity contribution in [2.75, 3.05) is 0 Å². The minimum atomic E-state index is -0.557. The molecule has 2 aromatic carbocycles. The molecular weight excluding hydrogens is 395 g/mol. The maximum Gasteiger partial charge on any atom is 0.305 e. The van der Waals surface area contributed by atoms with Crippen LogP contribution in [0.2, 0.25) is 0 Å². The van der Waals surface area contributed by atoms with Gasteiger partial charge in [0.15, 0.2) is 16.1 Å². The van der Waals surface area contributed by atoms with Crippen LogP contribution < -0.4 is 0 Å². The van der Waals surface area contributed by atoms with Crippen LogP contribution >= 0.6 is 11.8 Å². The molecule has 4 rings (SSSR count). The van der Waals surface area contributed by atoms with Crippen molar-refractivity contribution >= 4 is 17.4 Å². The number of rotatable bonds is 6. The van der Waals surface area contributed by atoms with E-state index in [0.717, 1.165) is 29.7 Å². The van der Waals surface area contributed by atoms with Crippen molar-refractivity contribution in [3.05, 3.63) is 88.5 Å². The lowest BCUT2D eigenvalue weighted by Crippen LogP contribution is -2.04. The lowest BCUT2D eigenvalue weighted by atomic mass is 10.2. The Morgan fingerprint density at radius 1 is 1.00 bits per heavy atom. The molecule has 0 aliphatic rings. The van der Waals surface area contributed by atoms with Gasteiger partial charge in [-0.1, -0.05) is 30.3 Å². The molecule has 29 heavy (non-hydrogen) atoms. The summed E-state index contributed by atoms with van der Waals surface area (Å²) in [7, 11) is 0. The van der Waals surface area contributed by atoms with E-state index in [1.165, 1.54) is 12.1 Å². The molecule has 4 aromatic rings. The van der Waals surface area contributed by atoms with Gasteiger partial charge in [0.1, 0.15) is 18.2 Å². The molecule has 144 valence electrons. The number of benzene rings is 2. The summed E-state index contributed by atoms with van der Waals surface area (Å²) in [5.41, 5.74) is 1.56. The molecular formula is C19H13FN6O2S. The fourth-order valence-corrected chi connectivity index (χ4v) is 3.34. The highest BCUT2D eigenvalue weighted by Crippen LogP contribution is 2.29. The highest BCUT2D eigenvalue weighted by atomic mass is 32.2. The largest absolute Gasteiger partial charge is 0.305 e. The Morgan fingerprint density at radius 2 is 1.69 bits per heavy atom. The van der Waals surface area contributed by atoms with Gasteiger partial charge in [0.2, 0.25) is 0 Å². The predicted octanol–water partition coefficient (Wildman–Crippen LogP) is 3.98. The van der Waals surface area contributed by atoms with Crippen molar-refractivity contribution in [3.8, 4) is 11.4 Å². The molecule has 0 amide bonds. The van der Waals surface area contributed by atoms with Crippen LogP contribution in [0.4, 0.5) is 10.1 Å². The lowest BCUT2D eigenvalue weighted by Gasteiger charge is -2.10. The zero-order chi connectivity index (χ0) is 20.2. The first kappa shape index (κ1) is 18.7. The molecule has 0 bridgehead atoms. The minimum Gasteiger partial charge on any atom is -0.297 e. The van der Waals surface area contributed by atoms with Crippen LogP contribution in [0.25, 0.3) is 11.4 Å². The molecule has 0 unspecified atom stereocenters. The number of aromatic nitrogens is 5. The summed E-state index contributed by atoms with van der Waals surface area (Å²) in [6.45, 7) is 0.482. The molecule has 0 saturated heterocycles. The Kier molecular flexibility index (Phi) is 5.25. The lowest BCUT2D eigenvalue weighted by molar-refractivity contribution is -0.385. The van der Waals surface area contributed by atoms with Crippen molar-refractivity contribution in [1.82, 2.24) is 24.7 Å². The molecule has 2 aromatic heterocycles. The zero-order valence-electron chi connectivity index (χ0n) is 14.8. The fraction of sp³-hybridized carbons (Fsp3) is 0.0526. The van der Waals surface area contributed by atoms with Crippen molar-refractivity contribution in [3.63, 3.8) is 0 Å². The van der Waals surface area contributed by atoms with Crippen LogP contribution in [-0.4, -0.2) is 29.7 Å². The van der Waals surface area contributed by atoms with E-state index in [2.05, 4.69) is 20.2 Å². The Hall–Kier alpha value is -3.66. The summed E-state index contributed by atoms with van der Waals surface area (Å²) in [4.78, 5) is 18.3. The van der Waals surface area contributed by atoms with E-state index >= 15 is 0 Å². The molecule has 0 radical (unpaired) electrons. The molecule has 0 saturated carbocycles. The number of halogens is 1. The van der Waals surface area contributed by atoms with E-state index in [1.807, 2.05) is 34.9 Å². The highest BCUT2D eigenvalue weighted by molar-refractivity contribution is 7.99. The standard InChI is InChI=1S/C19H13FN6O2S/c20-15-8-6-14(7-9-15)17-23-24-19(25(17)12-13-4-2-1-3-5-13)29-18-21-10-16(11-22-18)26(27)28/h1-11H,12H2. The van der Waals surface area contributed by atoms with Crippen LogP contribution in [0.15, 0.2) is 77.3 Å². The normalized spacial score (nSPS) is 10.8. The molecule has 0 atom stereocenters. The van der Waals surface area contributed by atoms with E-state index in [9.17, 15) is 14.5 Å². The van der Waals surface area contributed by atoms with Gasteiger partial charge in [-0.15, -0.1) is 10.2 Å². The number of hydrogen-bond donors (Lipinski definition) is 0. The van der Waals surface area contributed by atoms with Gasteiger partial charge in [-0.25, -0.2) is 14.4 Å². The van der Waals surface area contributed by atoms with Crippen molar-refractivity contribution in [2.24, 2.45) is 0 Å². The van der Waals surface area contributed by atoms with Crippen LogP contribution in [0.5, 0.6) is 0 Å². The smallest absolute Gasteiger partial charge is 0.297 e. The molecule has 10 heteroatoms. The fourth-order valence-electron chi connectivity index (χ4n) is 2.62. The Labute approximate surface area is 168 Å². The third-order valence-electron chi connectivity index (χ3n) is 4.01. The number of nitro groups is 1. The number of hydrogen-bond acceptors (Lipinski definition) is 7. The molecule has 0 aliphatic heterocycles. The molecule has 8 nitrogen and oxygen atoms in total. The van der Waals surface area contributed by atoms with Gasteiger partial charge in [-0.2, -0.15) is 0 Å². The second-order valence-corrected chi connectivity index (χ2v) is 6.90. The second kappa shape index (κ2) is 8.15. The third kappa shape index (κ3) is 4.27. The van der Waals surface area contributed by atoms with Crippen molar-refractivity contribution < 1.29 is 9.31 Å². The molecule has 0 spiro atoms. The van der Waals surface area contributed by atoms with E-state index in [1.54, 1.807) is 12.1 Å². The highest BCUT2D eigenvalue weighted by Gasteiger charge is 2.17. The van der Waals surface area contributed by atoms with E-state index in [-0.39, 0.29) is 11.5 Å². The van der Waals surface area contributed by atoms with Gasteiger partial charge in [-0.3, -0.25) is 14.7 Å². The average Bonchev–Trinajstić information content (AvgIpc) is 3.12. The molecule has 2 heterocycles. The predicted molar refractivity (Wildman–Crippen MR) is 104 cm³/mol. The van der Waals surface area contributed by atoms with Crippen molar-refractivity contribution in [1.29, 1.82) is 0 Å². The summed E-state index contributed by atoms with van der Waals surface area (Å²) in [6, 6.07) is 15.8. The Morgan fingerprint density at radius 3 is 2.34 bits per heavy atom. The molecule has 0 aliphatic carbocycles. The minimum absolute atomic E-state index is 0.188. The van der Waals surface area contributed by atoms with Crippen LogP contribution in [0.3, 0.4) is 0 Å². The van der Waals surface area contributed by atoms with Crippen LogP contribution in [0.1, 0.15) is 5.56 Å². The zero-order valence-corrected chi connectivity index (χ0v) is 15.7. The Bertz CT molecular complexity index is 1130. The van der Waals surface area contributed by atoms with Crippen LogP contribution in [-0.2, 0) is 6.54 Å². The summed E-state index contributed by atoms with van der Waals surface area (Å²) in [5.74, 6) is 0.231. The molecule has 0 fully saturated rings. The maximum absolute atomic E-state index is 13.3. The van der Waals surface area contributed by atoms with E-state index in [4.69, 9.17) is 0 Å². The quantitative estimate of drug-likeness (QED) is 0.270. The van der Waals surface area contributed by atoms with Gasteiger partial charge in [-0.05, 0) is 41.6 Å². The average molecular weight is 408 g/mol.